The number of halogens is 2. The topological polar surface area (TPSA) is 117 Å². The van der Waals surface area contributed by atoms with Crippen LogP contribution in [-0.4, -0.2) is 45.2 Å². The van der Waals surface area contributed by atoms with Crippen molar-refractivity contribution in [3.05, 3.63) is 47.2 Å². The van der Waals surface area contributed by atoms with Crippen LogP contribution in [0.3, 0.4) is 0 Å². The third-order valence-corrected chi connectivity index (χ3v) is 6.82. The summed E-state index contributed by atoms with van der Waals surface area (Å²) in [6.07, 6.45) is 6.82. The van der Waals surface area contributed by atoms with Crippen LogP contribution in [0.4, 0.5) is 15.9 Å². The molecule has 0 bridgehead atoms. The number of hydrogen-bond donors (Lipinski definition) is 2. The van der Waals surface area contributed by atoms with E-state index in [1.165, 1.54) is 18.3 Å². The Morgan fingerprint density at radius 3 is 2.56 bits per heavy atom. The predicted molar refractivity (Wildman–Crippen MR) is 149 cm³/mol. The number of unbranched alkanes of at least 4 members (excludes halogenated alkanes) is 1. The van der Waals surface area contributed by atoms with Gasteiger partial charge in [0.15, 0.2) is 5.58 Å². The third kappa shape index (κ3) is 7.98. The summed E-state index contributed by atoms with van der Waals surface area (Å²) in [5, 5.41) is 5.66. The Morgan fingerprint density at radius 1 is 1.18 bits per heavy atom. The summed E-state index contributed by atoms with van der Waals surface area (Å²) in [6, 6.07) is 6.01. The van der Waals surface area contributed by atoms with Gasteiger partial charge in [-0.1, -0.05) is 45.2 Å². The molecule has 4 rings (SSSR count). The molecule has 9 nitrogen and oxygen atoms in total. The monoisotopic (exact) mass is 559 g/mol. The first-order valence-electron chi connectivity index (χ1n) is 13.3. The molecule has 1 unspecified atom stereocenters. The van der Waals surface area contributed by atoms with Crippen LogP contribution in [0.2, 0.25) is 5.02 Å². The number of likely N-dealkylation sites (tertiary alicyclic amines) is 1. The van der Waals surface area contributed by atoms with Crippen LogP contribution >= 0.6 is 11.6 Å². The van der Waals surface area contributed by atoms with E-state index in [0.717, 1.165) is 44.7 Å². The highest BCUT2D eigenvalue weighted by Crippen LogP contribution is 2.31. The summed E-state index contributed by atoms with van der Waals surface area (Å²) in [7, 11) is 0. The number of carbonyl (C=O) groups is 3. The highest BCUT2D eigenvalue weighted by Gasteiger charge is 2.26. The molecule has 0 aliphatic carbocycles. The fraction of sp³-hybridized carbons (Fsp3) is 0.464. The van der Waals surface area contributed by atoms with Crippen LogP contribution in [0.5, 0.6) is 0 Å². The lowest BCUT2D eigenvalue weighted by Crippen LogP contribution is -2.33. The van der Waals surface area contributed by atoms with E-state index in [1.54, 1.807) is 13.0 Å². The first-order chi connectivity index (χ1) is 18.6. The van der Waals surface area contributed by atoms with Crippen LogP contribution in [0, 0.1) is 11.9 Å². The van der Waals surface area contributed by atoms with Crippen molar-refractivity contribution >= 4 is 51.9 Å². The molecule has 39 heavy (non-hydrogen) atoms. The van der Waals surface area contributed by atoms with E-state index >= 15 is 0 Å². The second kappa shape index (κ2) is 14.0. The van der Waals surface area contributed by atoms with Crippen LogP contribution < -0.4 is 10.6 Å². The molecule has 1 fully saturated rings. The largest absolute Gasteiger partial charge is 0.447 e. The minimum absolute atomic E-state index is 0.0271. The van der Waals surface area contributed by atoms with Crippen molar-refractivity contribution in [3.63, 3.8) is 0 Å². The molecule has 3 aromatic heterocycles. The SMILES string of the molecule is CCC(C)N1CCCC1=O.CCCC[C@H](C)C(=O)Nc1c(C(=O)Nc2ccc(Cl)cn2)oc2ccc(F)nc12. The van der Waals surface area contributed by atoms with Gasteiger partial charge in [0.05, 0.1) is 5.02 Å². The maximum Gasteiger partial charge on any atom is 0.294 e. The summed E-state index contributed by atoms with van der Waals surface area (Å²) >= 11 is 5.80. The average Bonchev–Trinajstić information content (AvgIpc) is 3.51. The van der Waals surface area contributed by atoms with E-state index in [0.29, 0.717) is 23.4 Å². The fourth-order valence-corrected chi connectivity index (χ4v) is 4.21. The second-order valence-electron chi connectivity index (χ2n) is 9.58. The maximum absolute atomic E-state index is 13.7. The number of nitrogens with one attached hydrogen (secondary N) is 2. The highest BCUT2D eigenvalue weighted by atomic mass is 35.5. The fourth-order valence-electron chi connectivity index (χ4n) is 4.09. The Bertz CT molecular complexity index is 1300. The van der Waals surface area contributed by atoms with Gasteiger partial charge in [-0.2, -0.15) is 4.39 Å². The number of pyridine rings is 2. The number of hydrogen-bond acceptors (Lipinski definition) is 6. The van der Waals surface area contributed by atoms with Crippen molar-refractivity contribution in [1.82, 2.24) is 14.9 Å². The van der Waals surface area contributed by atoms with Gasteiger partial charge in [0.2, 0.25) is 23.5 Å². The number of nitrogens with zero attached hydrogens (tertiary/aromatic N) is 3. The van der Waals surface area contributed by atoms with Gasteiger partial charge in [0.1, 0.15) is 17.0 Å². The van der Waals surface area contributed by atoms with Gasteiger partial charge in [0.25, 0.3) is 5.91 Å². The van der Waals surface area contributed by atoms with Gasteiger partial charge < -0.3 is 20.0 Å². The van der Waals surface area contributed by atoms with Gasteiger partial charge in [0, 0.05) is 31.1 Å². The molecule has 2 N–H and O–H groups in total. The number of carbonyl (C=O) groups excluding carboxylic acids is 3. The van der Waals surface area contributed by atoms with Crippen molar-refractivity contribution in [2.45, 2.75) is 72.3 Å². The van der Waals surface area contributed by atoms with Gasteiger partial charge >= 0.3 is 0 Å². The quantitative estimate of drug-likeness (QED) is 0.291. The van der Waals surface area contributed by atoms with E-state index in [4.69, 9.17) is 16.0 Å². The summed E-state index contributed by atoms with van der Waals surface area (Å²) in [5.74, 6) is -1.60. The van der Waals surface area contributed by atoms with E-state index in [-0.39, 0.29) is 40.2 Å². The normalized spacial score (nSPS) is 14.5. The first-order valence-corrected chi connectivity index (χ1v) is 13.6. The van der Waals surface area contributed by atoms with Crippen LogP contribution in [0.25, 0.3) is 11.1 Å². The van der Waals surface area contributed by atoms with E-state index in [2.05, 4.69) is 34.4 Å². The van der Waals surface area contributed by atoms with Crippen LogP contribution in [0.15, 0.2) is 34.9 Å². The Labute approximate surface area is 232 Å². The smallest absolute Gasteiger partial charge is 0.294 e. The molecule has 210 valence electrons. The lowest BCUT2D eigenvalue weighted by Gasteiger charge is -2.22. The van der Waals surface area contributed by atoms with E-state index in [9.17, 15) is 18.8 Å². The number of fused-ring (bicyclic) bond motifs is 1. The standard InChI is InChI=1S/C20H20ClFN4O3.C8H15NO/c1-3-4-5-11(2)19(27)26-17-16-13(7-8-14(22)24-16)29-18(17)20(28)25-15-9-6-12(21)10-23-15;1-3-7(2)9-6-4-5-8(9)10/h6-11H,3-5H2,1-2H3,(H,26,27)(H,23,25,28);7H,3-6H2,1-2H3/t11-;/m0./s1. The van der Waals surface area contributed by atoms with Crippen molar-refractivity contribution in [2.24, 2.45) is 5.92 Å². The Hall–Kier alpha value is -3.53. The molecule has 3 amide bonds. The molecule has 0 saturated carbocycles. The van der Waals surface area contributed by atoms with Crippen molar-refractivity contribution < 1.29 is 23.2 Å². The number of amides is 3. The summed E-state index contributed by atoms with van der Waals surface area (Å²) < 4.78 is 19.2. The molecule has 0 aromatic carbocycles. The molecule has 11 heteroatoms. The molecular weight excluding hydrogens is 525 g/mol. The predicted octanol–water partition coefficient (Wildman–Crippen LogP) is 6.44. The molecule has 1 saturated heterocycles. The van der Waals surface area contributed by atoms with Gasteiger partial charge in [-0.05, 0) is 50.5 Å². The maximum atomic E-state index is 13.7. The number of aromatic nitrogens is 2. The zero-order valence-electron chi connectivity index (χ0n) is 22.7. The third-order valence-electron chi connectivity index (χ3n) is 6.59. The van der Waals surface area contributed by atoms with E-state index < -0.39 is 11.9 Å². The Morgan fingerprint density at radius 2 is 1.95 bits per heavy atom. The first kappa shape index (κ1) is 30.0. The Balaban J connectivity index is 0.000000353. The van der Waals surface area contributed by atoms with E-state index in [1.807, 2.05) is 11.8 Å². The zero-order valence-corrected chi connectivity index (χ0v) is 23.5. The van der Waals surface area contributed by atoms with Gasteiger partial charge in [-0.15, -0.1) is 0 Å². The Kier molecular flexibility index (Phi) is 10.8. The second-order valence-corrected chi connectivity index (χ2v) is 10.0. The average molecular weight is 560 g/mol. The van der Waals surface area contributed by atoms with Crippen molar-refractivity contribution in [3.8, 4) is 0 Å². The zero-order chi connectivity index (χ0) is 28.5. The lowest BCUT2D eigenvalue weighted by molar-refractivity contribution is -0.129. The van der Waals surface area contributed by atoms with Crippen LogP contribution in [0.1, 0.15) is 76.8 Å². The molecule has 1 aliphatic heterocycles. The molecular formula is C28H35ClFN5O4. The molecule has 0 radical (unpaired) electrons. The minimum Gasteiger partial charge on any atom is -0.447 e. The summed E-state index contributed by atoms with van der Waals surface area (Å²) in [4.78, 5) is 46.2. The van der Waals surface area contributed by atoms with Crippen molar-refractivity contribution in [2.75, 3.05) is 17.2 Å². The van der Waals surface area contributed by atoms with Crippen molar-refractivity contribution in [1.29, 1.82) is 0 Å². The molecule has 4 heterocycles. The molecule has 0 spiro atoms. The summed E-state index contributed by atoms with van der Waals surface area (Å²) in [6.45, 7) is 9.04. The molecule has 1 aliphatic rings. The number of furan rings is 1. The van der Waals surface area contributed by atoms with Crippen LogP contribution in [-0.2, 0) is 9.59 Å². The van der Waals surface area contributed by atoms with Gasteiger partial charge in [-0.3, -0.25) is 14.4 Å². The molecule has 3 aromatic rings. The number of rotatable bonds is 9. The minimum atomic E-state index is -0.751. The van der Waals surface area contributed by atoms with Gasteiger partial charge in [-0.25, -0.2) is 9.97 Å². The summed E-state index contributed by atoms with van der Waals surface area (Å²) in [5.41, 5.74) is 0.270. The lowest BCUT2D eigenvalue weighted by atomic mass is 10.0. The number of anilines is 2. The molecule has 2 atom stereocenters. The highest BCUT2D eigenvalue weighted by molar-refractivity contribution is 6.30.